The average molecular weight is 487 g/mol. The van der Waals surface area contributed by atoms with E-state index in [2.05, 4.69) is 10.1 Å². The summed E-state index contributed by atoms with van der Waals surface area (Å²) in [5.74, 6) is -0.922. The van der Waals surface area contributed by atoms with Gasteiger partial charge in [0.15, 0.2) is 0 Å². The summed E-state index contributed by atoms with van der Waals surface area (Å²) in [5.41, 5.74) is 3.34. The maximum Gasteiger partial charge on any atom is 0.573 e. The number of pyridine rings is 1. The van der Waals surface area contributed by atoms with Gasteiger partial charge in [0.05, 0.1) is 13.2 Å². The molecule has 1 aromatic heterocycles. The maximum atomic E-state index is 12.9. The van der Waals surface area contributed by atoms with Crippen LogP contribution in [0.5, 0.6) is 5.75 Å². The van der Waals surface area contributed by atoms with Gasteiger partial charge in [-0.05, 0) is 48.4 Å². The molecule has 10 heteroatoms. The van der Waals surface area contributed by atoms with Gasteiger partial charge in [-0.2, -0.15) is 0 Å². The van der Waals surface area contributed by atoms with Gasteiger partial charge in [0.25, 0.3) is 11.5 Å². The molecule has 1 aliphatic heterocycles. The molecule has 0 spiro atoms. The lowest BCUT2D eigenvalue weighted by Crippen LogP contribution is -2.40. The second-order valence-electron chi connectivity index (χ2n) is 8.19. The lowest BCUT2D eigenvalue weighted by Gasteiger charge is -2.29. The predicted octanol–water partition coefficient (Wildman–Crippen LogP) is 4.35. The molecule has 0 aliphatic carbocycles. The van der Waals surface area contributed by atoms with E-state index >= 15 is 0 Å². The Morgan fingerprint density at radius 1 is 1.09 bits per heavy atom. The minimum Gasteiger partial charge on any atom is -0.406 e. The summed E-state index contributed by atoms with van der Waals surface area (Å²) in [6.07, 6.45) is -3.11. The minimum absolute atomic E-state index is 0.122. The van der Waals surface area contributed by atoms with Crippen molar-refractivity contribution in [1.29, 1.82) is 0 Å². The largest absolute Gasteiger partial charge is 0.573 e. The van der Waals surface area contributed by atoms with Gasteiger partial charge in [0.2, 0.25) is 0 Å². The topological polar surface area (TPSA) is 72.8 Å². The van der Waals surface area contributed by atoms with Crippen molar-refractivity contribution in [2.75, 3.05) is 36.5 Å². The fraction of sp³-hybridized carbons (Fsp3) is 0.280. The van der Waals surface area contributed by atoms with Gasteiger partial charge in [-0.3, -0.25) is 9.59 Å². The van der Waals surface area contributed by atoms with Gasteiger partial charge < -0.3 is 24.3 Å². The zero-order valence-corrected chi connectivity index (χ0v) is 19.2. The number of morpholine rings is 1. The summed E-state index contributed by atoms with van der Waals surface area (Å²) in [7, 11) is 1.68. The van der Waals surface area contributed by atoms with Crippen LogP contribution in [-0.4, -0.2) is 43.1 Å². The molecule has 0 radical (unpaired) electrons. The first kappa shape index (κ1) is 24.3. The number of carbonyl (C=O) groups is 1. The number of amides is 1. The molecule has 2 aromatic carbocycles. The van der Waals surface area contributed by atoms with Crippen molar-refractivity contribution in [2.45, 2.75) is 13.3 Å². The molecule has 0 saturated carbocycles. The Labute approximate surface area is 199 Å². The van der Waals surface area contributed by atoms with Crippen LogP contribution in [0.3, 0.4) is 0 Å². The number of aryl methyl sites for hydroxylation is 2. The smallest absolute Gasteiger partial charge is 0.406 e. The van der Waals surface area contributed by atoms with Gasteiger partial charge in [0.1, 0.15) is 11.4 Å². The van der Waals surface area contributed by atoms with Crippen LogP contribution >= 0.6 is 0 Å². The van der Waals surface area contributed by atoms with Gasteiger partial charge in [-0.25, -0.2) is 0 Å². The van der Waals surface area contributed by atoms with Crippen LogP contribution in [0.1, 0.15) is 15.9 Å². The summed E-state index contributed by atoms with van der Waals surface area (Å²) in [6, 6.07) is 12.0. The molecule has 0 bridgehead atoms. The number of rotatable bonds is 5. The summed E-state index contributed by atoms with van der Waals surface area (Å²) < 4.78 is 48.3. The molecule has 2 heterocycles. The fourth-order valence-corrected chi connectivity index (χ4v) is 3.92. The third-order valence-corrected chi connectivity index (χ3v) is 5.65. The number of benzene rings is 2. The van der Waals surface area contributed by atoms with E-state index in [1.165, 1.54) is 16.7 Å². The van der Waals surface area contributed by atoms with Crippen molar-refractivity contribution in [3.8, 4) is 16.9 Å². The third kappa shape index (κ3) is 5.83. The molecule has 1 N–H and O–H groups in total. The highest BCUT2D eigenvalue weighted by atomic mass is 19.4. The van der Waals surface area contributed by atoms with Crippen molar-refractivity contribution in [1.82, 2.24) is 4.57 Å². The van der Waals surface area contributed by atoms with Gasteiger partial charge in [-0.1, -0.05) is 12.1 Å². The fourth-order valence-electron chi connectivity index (χ4n) is 3.92. The van der Waals surface area contributed by atoms with E-state index in [4.69, 9.17) is 4.74 Å². The Kier molecular flexibility index (Phi) is 6.83. The first-order valence-corrected chi connectivity index (χ1v) is 10.9. The number of hydrogen-bond acceptors (Lipinski definition) is 5. The van der Waals surface area contributed by atoms with Crippen molar-refractivity contribution >= 4 is 17.3 Å². The number of aromatic nitrogens is 1. The highest BCUT2D eigenvalue weighted by molar-refractivity contribution is 6.05. The van der Waals surface area contributed by atoms with Crippen LogP contribution in [0.25, 0.3) is 11.1 Å². The van der Waals surface area contributed by atoms with Crippen molar-refractivity contribution < 1.29 is 27.4 Å². The highest BCUT2D eigenvalue weighted by Gasteiger charge is 2.31. The minimum atomic E-state index is -4.83. The summed E-state index contributed by atoms with van der Waals surface area (Å²) in [4.78, 5) is 27.6. The number of halogens is 3. The maximum absolute atomic E-state index is 12.9. The number of alkyl halides is 3. The van der Waals surface area contributed by atoms with Gasteiger partial charge >= 0.3 is 6.36 Å². The Hall–Kier alpha value is -3.79. The van der Waals surface area contributed by atoms with Crippen LogP contribution in [-0.2, 0) is 11.8 Å². The molecule has 1 amide bonds. The molecular weight excluding hydrogens is 463 g/mol. The molecule has 1 fully saturated rings. The Morgan fingerprint density at radius 3 is 2.54 bits per heavy atom. The standard InChI is InChI=1S/C25H24F3N3O4/c1-16-6-7-17(23(32)29-19-4-3-5-20(14-19)35-25(26,27)28)12-21(16)18-13-22(24(33)30(2)15-18)31-8-10-34-11-9-31/h3-7,12-15H,8-11H2,1-2H3,(H,29,32). The lowest BCUT2D eigenvalue weighted by atomic mass is 9.98. The van der Waals surface area contributed by atoms with E-state index < -0.39 is 18.0 Å². The van der Waals surface area contributed by atoms with E-state index in [1.807, 2.05) is 17.9 Å². The molecular formula is C25H24F3N3O4. The quantitative estimate of drug-likeness (QED) is 0.580. The Bertz CT molecular complexity index is 1300. The van der Waals surface area contributed by atoms with Gasteiger partial charge in [-0.15, -0.1) is 13.2 Å². The number of hydrogen-bond donors (Lipinski definition) is 1. The van der Waals surface area contributed by atoms with Crippen LogP contribution < -0.4 is 20.5 Å². The number of carbonyl (C=O) groups excluding carboxylic acids is 1. The number of nitrogens with zero attached hydrogens (tertiary/aromatic N) is 2. The monoisotopic (exact) mass is 487 g/mol. The van der Waals surface area contributed by atoms with Crippen molar-refractivity contribution in [3.05, 3.63) is 76.2 Å². The first-order chi connectivity index (χ1) is 16.6. The number of nitrogens with one attached hydrogen (secondary N) is 1. The van der Waals surface area contributed by atoms with Crippen LogP contribution in [0.2, 0.25) is 0 Å². The van der Waals surface area contributed by atoms with Crippen LogP contribution in [0.4, 0.5) is 24.5 Å². The van der Waals surface area contributed by atoms with Gasteiger partial charge in [0, 0.05) is 49.2 Å². The summed E-state index contributed by atoms with van der Waals surface area (Å²) in [5, 5.41) is 2.60. The SMILES string of the molecule is Cc1ccc(C(=O)Nc2cccc(OC(F)(F)F)c2)cc1-c1cc(N2CCOCC2)c(=O)n(C)c1. The molecule has 7 nitrogen and oxygen atoms in total. The average Bonchev–Trinajstić information content (AvgIpc) is 2.81. The van der Waals surface area contributed by atoms with Crippen LogP contribution in [0.15, 0.2) is 59.5 Å². The van der Waals surface area contributed by atoms with E-state index in [9.17, 15) is 22.8 Å². The second-order valence-corrected chi connectivity index (χ2v) is 8.19. The van der Waals surface area contributed by atoms with Crippen LogP contribution in [0, 0.1) is 6.92 Å². The zero-order chi connectivity index (χ0) is 25.2. The van der Waals surface area contributed by atoms with Crippen molar-refractivity contribution in [2.24, 2.45) is 7.05 Å². The van der Waals surface area contributed by atoms with E-state index in [0.29, 0.717) is 37.6 Å². The summed E-state index contributed by atoms with van der Waals surface area (Å²) in [6.45, 7) is 4.19. The molecule has 0 atom stereocenters. The van der Waals surface area contributed by atoms with Crippen molar-refractivity contribution in [3.63, 3.8) is 0 Å². The molecule has 3 aromatic rings. The first-order valence-electron chi connectivity index (χ1n) is 10.9. The lowest BCUT2D eigenvalue weighted by molar-refractivity contribution is -0.274. The molecule has 184 valence electrons. The molecule has 0 unspecified atom stereocenters. The third-order valence-electron chi connectivity index (χ3n) is 5.65. The number of ether oxygens (including phenoxy) is 2. The Morgan fingerprint density at radius 2 is 1.83 bits per heavy atom. The predicted molar refractivity (Wildman–Crippen MR) is 126 cm³/mol. The normalized spacial score (nSPS) is 14.0. The molecule has 1 aliphatic rings. The highest BCUT2D eigenvalue weighted by Crippen LogP contribution is 2.28. The Balaban J connectivity index is 1.62. The van der Waals surface area contributed by atoms with E-state index in [-0.39, 0.29) is 11.2 Å². The molecule has 4 rings (SSSR count). The second kappa shape index (κ2) is 9.83. The number of anilines is 2. The van der Waals surface area contributed by atoms with E-state index in [1.54, 1.807) is 31.4 Å². The zero-order valence-electron chi connectivity index (χ0n) is 19.2. The molecule has 1 saturated heterocycles. The van der Waals surface area contributed by atoms with E-state index in [0.717, 1.165) is 28.8 Å². The summed E-state index contributed by atoms with van der Waals surface area (Å²) >= 11 is 0. The molecule has 35 heavy (non-hydrogen) atoms.